The van der Waals surface area contributed by atoms with Crippen LogP contribution < -0.4 is 0 Å². The molecule has 6 atom stereocenters. The summed E-state index contributed by atoms with van der Waals surface area (Å²) >= 11 is 0. The lowest BCUT2D eigenvalue weighted by molar-refractivity contribution is -0.301. The molecule has 6 unspecified atom stereocenters. The van der Waals surface area contributed by atoms with Crippen LogP contribution in [0.2, 0.25) is 0 Å². The average Bonchev–Trinajstić information content (AvgIpc) is 3.39. The van der Waals surface area contributed by atoms with E-state index in [-0.39, 0.29) is 25.9 Å². The zero-order valence-electron chi connectivity index (χ0n) is 46.8. The Bertz CT molecular complexity index is 1670. The summed E-state index contributed by atoms with van der Waals surface area (Å²) in [6.07, 6.45) is 54.2. The van der Waals surface area contributed by atoms with Crippen molar-refractivity contribution in [2.75, 3.05) is 13.2 Å². The molecule has 0 spiro atoms. The van der Waals surface area contributed by atoms with Crippen molar-refractivity contribution in [3.63, 3.8) is 0 Å². The van der Waals surface area contributed by atoms with Crippen LogP contribution >= 0.6 is 0 Å². The highest BCUT2D eigenvalue weighted by Crippen LogP contribution is 2.26. The molecule has 1 saturated heterocycles. The van der Waals surface area contributed by atoms with Crippen LogP contribution in [-0.4, -0.2) is 89.2 Å². The van der Waals surface area contributed by atoms with Crippen LogP contribution in [0.15, 0.2) is 97.2 Å². The van der Waals surface area contributed by atoms with Gasteiger partial charge < -0.3 is 39.0 Å². The topological polar surface area (TPSA) is 175 Å². The van der Waals surface area contributed by atoms with Gasteiger partial charge in [0.05, 0.1) is 13.0 Å². The van der Waals surface area contributed by atoms with Gasteiger partial charge in [-0.15, -0.1) is 0 Å². The number of carbonyl (C=O) groups is 4. The summed E-state index contributed by atoms with van der Waals surface area (Å²) in [5.74, 6) is -3.33. The Morgan fingerprint density at radius 3 is 1.35 bits per heavy atom. The number of hydrogen-bond acceptors (Lipinski definition) is 11. The molecule has 0 amide bonds. The molecule has 0 aliphatic carbocycles. The van der Waals surface area contributed by atoms with Gasteiger partial charge in [0.15, 0.2) is 24.6 Å². The molecule has 426 valence electrons. The van der Waals surface area contributed by atoms with Crippen molar-refractivity contribution in [1.29, 1.82) is 0 Å². The standard InChI is InChI=1S/C63H102O12/c1-4-7-10-13-16-19-22-25-27-28-30-32-34-37-40-43-46-49-55(64)71-52-54(73-56(65)50-47-44-41-38-36-33-29-26-23-20-17-14-11-8-5-2)53-72-63-61(59(68)58(67)60(75-63)62(69)70)74-57(66)51-48-45-42-39-35-31-24-21-18-15-12-9-6-3/h8-9,11-12,17-18,20-21,26,29,31,35-36,38,44,47,54,58-61,63,67-68H,4-7,10,13-16,19,22-25,27-28,30,32-34,37,39-43,45-46,48-53H2,1-3H3,(H,69,70)/b11-8-,12-9-,20-17-,21-18-,29-26-,35-31-,38-36-,47-44-. The zero-order chi connectivity index (χ0) is 54.7. The minimum absolute atomic E-state index is 0.0115. The van der Waals surface area contributed by atoms with Crippen LogP contribution in [0.25, 0.3) is 0 Å². The largest absolute Gasteiger partial charge is 0.479 e. The van der Waals surface area contributed by atoms with Crippen molar-refractivity contribution < 1.29 is 58.2 Å². The van der Waals surface area contributed by atoms with Crippen LogP contribution in [0.4, 0.5) is 0 Å². The van der Waals surface area contributed by atoms with E-state index in [2.05, 4.69) is 93.7 Å². The van der Waals surface area contributed by atoms with E-state index in [1.54, 1.807) is 6.08 Å². The van der Waals surface area contributed by atoms with Crippen LogP contribution in [0, 0.1) is 0 Å². The average molecular weight is 1050 g/mol. The number of carboxylic acids is 1. The summed E-state index contributed by atoms with van der Waals surface area (Å²) in [6, 6.07) is 0. The van der Waals surface area contributed by atoms with Gasteiger partial charge in [0.25, 0.3) is 0 Å². The fourth-order valence-corrected chi connectivity index (χ4v) is 8.28. The minimum Gasteiger partial charge on any atom is -0.479 e. The molecular formula is C63H102O12. The summed E-state index contributed by atoms with van der Waals surface area (Å²) in [6.45, 7) is 5.66. The molecule has 1 heterocycles. The second-order valence-electron chi connectivity index (χ2n) is 19.5. The first kappa shape index (κ1) is 68.7. The van der Waals surface area contributed by atoms with Crippen molar-refractivity contribution >= 4 is 23.9 Å². The smallest absolute Gasteiger partial charge is 0.335 e. The fraction of sp³-hybridized carbons (Fsp3) is 0.683. The van der Waals surface area contributed by atoms with Gasteiger partial charge >= 0.3 is 23.9 Å². The van der Waals surface area contributed by atoms with E-state index in [1.165, 1.54) is 83.5 Å². The molecule has 0 aromatic rings. The summed E-state index contributed by atoms with van der Waals surface area (Å²) in [5.41, 5.74) is 0. The monoisotopic (exact) mass is 1050 g/mol. The van der Waals surface area contributed by atoms with Crippen molar-refractivity contribution in [3.05, 3.63) is 97.2 Å². The van der Waals surface area contributed by atoms with Gasteiger partial charge in [0.1, 0.15) is 18.8 Å². The van der Waals surface area contributed by atoms with Crippen LogP contribution in [0.3, 0.4) is 0 Å². The summed E-state index contributed by atoms with van der Waals surface area (Å²) in [5, 5.41) is 31.4. The Hall–Kier alpha value is -4.36. The van der Waals surface area contributed by atoms with E-state index in [0.29, 0.717) is 19.3 Å². The van der Waals surface area contributed by atoms with Crippen molar-refractivity contribution in [1.82, 2.24) is 0 Å². The van der Waals surface area contributed by atoms with E-state index in [1.807, 2.05) is 18.2 Å². The molecule has 3 N–H and O–H groups in total. The highest BCUT2D eigenvalue weighted by atomic mass is 16.7. The Labute approximate surface area is 453 Å². The third-order valence-electron chi connectivity index (χ3n) is 12.7. The molecule has 0 aromatic heterocycles. The lowest BCUT2D eigenvalue weighted by Gasteiger charge is -2.40. The van der Waals surface area contributed by atoms with Crippen LogP contribution in [0.1, 0.15) is 226 Å². The Morgan fingerprint density at radius 2 is 0.880 bits per heavy atom. The normalized spacial score (nSPS) is 18.9. The lowest BCUT2D eigenvalue weighted by atomic mass is 9.98. The number of esters is 3. The van der Waals surface area contributed by atoms with Crippen LogP contribution in [0.5, 0.6) is 0 Å². The molecule has 0 aromatic carbocycles. The van der Waals surface area contributed by atoms with E-state index in [0.717, 1.165) is 83.5 Å². The number of aliphatic carboxylic acids is 1. The third-order valence-corrected chi connectivity index (χ3v) is 12.7. The molecule has 1 fully saturated rings. The van der Waals surface area contributed by atoms with Crippen molar-refractivity contribution in [2.24, 2.45) is 0 Å². The van der Waals surface area contributed by atoms with Gasteiger partial charge in [-0.1, -0.05) is 227 Å². The number of carboxylic acid groups (broad SMARTS) is 1. The van der Waals surface area contributed by atoms with Gasteiger partial charge in [-0.05, 0) is 77.0 Å². The number of hydrogen-bond donors (Lipinski definition) is 3. The number of allylic oxidation sites excluding steroid dienone is 15. The third kappa shape index (κ3) is 40.6. The molecule has 75 heavy (non-hydrogen) atoms. The van der Waals surface area contributed by atoms with Crippen LogP contribution in [-0.2, 0) is 42.9 Å². The maximum atomic E-state index is 13.1. The molecule has 1 aliphatic rings. The molecule has 12 heteroatoms. The minimum atomic E-state index is -1.93. The van der Waals surface area contributed by atoms with Crippen molar-refractivity contribution in [3.8, 4) is 0 Å². The highest BCUT2D eigenvalue weighted by Gasteiger charge is 2.50. The predicted molar refractivity (Wildman–Crippen MR) is 303 cm³/mol. The van der Waals surface area contributed by atoms with Crippen molar-refractivity contribution in [2.45, 2.75) is 263 Å². The molecular weight excluding hydrogens is 949 g/mol. The van der Waals surface area contributed by atoms with E-state index in [9.17, 15) is 34.5 Å². The number of rotatable bonds is 48. The maximum Gasteiger partial charge on any atom is 0.335 e. The van der Waals surface area contributed by atoms with Gasteiger partial charge in [-0.2, -0.15) is 0 Å². The van der Waals surface area contributed by atoms with Gasteiger partial charge in [-0.3, -0.25) is 14.4 Å². The first-order valence-corrected chi connectivity index (χ1v) is 29.2. The second kappa shape index (κ2) is 50.5. The maximum absolute atomic E-state index is 13.1. The Balaban J connectivity index is 2.75. The molecule has 1 aliphatic heterocycles. The van der Waals surface area contributed by atoms with E-state index in [4.69, 9.17) is 23.7 Å². The molecule has 0 radical (unpaired) electrons. The molecule has 0 saturated carbocycles. The Morgan fingerprint density at radius 1 is 0.467 bits per heavy atom. The van der Waals surface area contributed by atoms with E-state index >= 15 is 0 Å². The first-order chi connectivity index (χ1) is 36.6. The SMILES string of the molecule is CC/C=C\C/C=C\C/C=C\C/C=C\C/C=C\CC(=O)OC(COC(=O)CCCCCCCCCCCCCCCCCCC)COC1OC(C(=O)O)C(O)C(O)C1OC(=O)CCCCC/C=C\C/C=C\C/C=C\CC. The van der Waals surface area contributed by atoms with Gasteiger partial charge in [0.2, 0.25) is 0 Å². The zero-order valence-corrected chi connectivity index (χ0v) is 46.8. The second-order valence-corrected chi connectivity index (χ2v) is 19.5. The summed E-state index contributed by atoms with van der Waals surface area (Å²) in [7, 11) is 0. The number of aliphatic hydroxyl groups is 2. The number of carbonyl (C=O) groups excluding carboxylic acids is 3. The number of unbranched alkanes of at least 4 members (excludes halogenated alkanes) is 19. The molecule has 0 bridgehead atoms. The molecule has 1 rings (SSSR count). The summed E-state index contributed by atoms with van der Waals surface area (Å²) < 4.78 is 28.2. The van der Waals surface area contributed by atoms with E-state index < -0.39 is 67.3 Å². The molecule has 12 nitrogen and oxygen atoms in total. The van der Waals surface area contributed by atoms with Gasteiger partial charge in [-0.25, -0.2) is 4.79 Å². The van der Waals surface area contributed by atoms with Gasteiger partial charge in [0, 0.05) is 12.8 Å². The quantitative estimate of drug-likeness (QED) is 0.0228. The Kier molecular flexibility index (Phi) is 46.2. The number of ether oxygens (including phenoxy) is 5. The lowest BCUT2D eigenvalue weighted by Crippen LogP contribution is -2.61. The number of aliphatic hydroxyl groups excluding tert-OH is 2. The highest BCUT2D eigenvalue weighted by molar-refractivity contribution is 5.74. The predicted octanol–water partition coefficient (Wildman–Crippen LogP) is 14.9. The first-order valence-electron chi connectivity index (χ1n) is 29.2. The summed E-state index contributed by atoms with van der Waals surface area (Å²) in [4.78, 5) is 51.0. The fourth-order valence-electron chi connectivity index (χ4n) is 8.28.